The van der Waals surface area contributed by atoms with Gasteiger partial charge >= 0.3 is 0 Å². The first-order chi connectivity index (χ1) is 8.11. The summed E-state index contributed by atoms with van der Waals surface area (Å²) in [5, 5.41) is 18.3. The lowest BCUT2D eigenvalue weighted by Crippen LogP contribution is -2.08. The van der Waals surface area contributed by atoms with E-state index in [-0.39, 0.29) is 0 Å². The van der Waals surface area contributed by atoms with Gasteiger partial charge in [-0.25, -0.2) is 0 Å². The van der Waals surface area contributed by atoms with Crippen LogP contribution >= 0.6 is 11.6 Å². The Morgan fingerprint density at radius 1 is 1.24 bits per heavy atom. The molecule has 0 aliphatic heterocycles. The van der Waals surface area contributed by atoms with Crippen molar-refractivity contribution >= 4 is 11.6 Å². The maximum atomic E-state index is 10.2. The molecule has 4 nitrogen and oxygen atoms in total. The lowest BCUT2D eigenvalue weighted by atomic mass is 10.0. The summed E-state index contributed by atoms with van der Waals surface area (Å²) in [6, 6.07) is 3.56. The van der Waals surface area contributed by atoms with Gasteiger partial charge in [-0.15, -0.1) is 5.10 Å². The predicted octanol–water partition coefficient (Wildman–Crippen LogP) is 2.22. The van der Waals surface area contributed by atoms with Crippen molar-refractivity contribution in [2.45, 2.75) is 20.0 Å². The number of pyridine rings is 1. The topological polar surface area (TPSA) is 58.9 Å². The Bertz CT molecular complexity index is 531. The van der Waals surface area contributed by atoms with E-state index in [1.54, 1.807) is 24.5 Å². The van der Waals surface area contributed by atoms with E-state index in [9.17, 15) is 5.11 Å². The largest absolute Gasteiger partial charge is 0.382 e. The van der Waals surface area contributed by atoms with Crippen molar-refractivity contribution in [3.63, 3.8) is 0 Å². The summed E-state index contributed by atoms with van der Waals surface area (Å²) in [4.78, 5) is 3.97. The minimum atomic E-state index is -0.827. The zero-order valence-corrected chi connectivity index (χ0v) is 10.3. The van der Waals surface area contributed by atoms with Crippen LogP contribution in [0.4, 0.5) is 0 Å². The first kappa shape index (κ1) is 12.0. The van der Waals surface area contributed by atoms with E-state index in [2.05, 4.69) is 15.2 Å². The highest BCUT2D eigenvalue weighted by Crippen LogP contribution is 2.25. The zero-order valence-electron chi connectivity index (χ0n) is 9.55. The summed E-state index contributed by atoms with van der Waals surface area (Å²) in [6.45, 7) is 3.72. The van der Waals surface area contributed by atoms with Crippen LogP contribution < -0.4 is 0 Å². The normalized spacial score (nSPS) is 12.5. The first-order valence-corrected chi connectivity index (χ1v) is 5.56. The molecular formula is C12H12ClN3O. The molecular weight excluding hydrogens is 238 g/mol. The molecule has 0 amide bonds. The van der Waals surface area contributed by atoms with Crippen molar-refractivity contribution in [3.05, 3.63) is 52.1 Å². The molecule has 0 fully saturated rings. The van der Waals surface area contributed by atoms with Crippen LogP contribution in [0.25, 0.3) is 0 Å². The van der Waals surface area contributed by atoms with E-state index in [0.717, 1.165) is 11.1 Å². The molecule has 0 saturated carbocycles. The van der Waals surface area contributed by atoms with Crippen LogP contribution in [-0.2, 0) is 0 Å². The van der Waals surface area contributed by atoms with Crippen molar-refractivity contribution in [2.75, 3.05) is 0 Å². The number of halogens is 1. The van der Waals surface area contributed by atoms with Crippen LogP contribution in [0.1, 0.15) is 28.5 Å². The van der Waals surface area contributed by atoms with E-state index < -0.39 is 6.10 Å². The van der Waals surface area contributed by atoms with Gasteiger partial charge in [0.2, 0.25) is 0 Å². The molecule has 1 atom stereocenters. The molecule has 0 aromatic carbocycles. The number of aliphatic hydroxyl groups is 1. The van der Waals surface area contributed by atoms with E-state index in [0.29, 0.717) is 16.4 Å². The Morgan fingerprint density at radius 2 is 2.00 bits per heavy atom. The van der Waals surface area contributed by atoms with Gasteiger partial charge in [-0.2, -0.15) is 5.10 Å². The van der Waals surface area contributed by atoms with Crippen molar-refractivity contribution in [1.82, 2.24) is 15.2 Å². The maximum Gasteiger partial charge on any atom is 0.154 e. The molecule has 0 spiro atoms. The van der Waals surface area contributed by atoms with Gasteiger partial charge in [0.1, 0.15) is 6.10 Å². The first-order valence-electron chi connectivity index (χ1n) is 5.18. The Balaban J connectivity index is 2.45. The fourth-order valence-corrected chi connectivity index (χ4v) is 1.73. The standard InChI is InChI=1S/C12H12ClN3O/c1-7-8(2)12(13)16-15-10(7)11(17)9-4-3-5-14-6-9/h3-6,11,17H,1-2H3. The summed E-state index contributed by atoms with van der Waals surface area (Å²) in [5.74, 6) is 0. The summed E-state index contributed by atoms with van der Waals surface area (Å²) in [7, 11) is 0. The summed E-state index contributed by atoms with van der Waals surface area (Å²) in [5.41, 5.74) is 2.88. The molecule has 0 aliphatic rings. The van der Waals surface area contributed by atoms with Gasteiger partial charge in [0.15, 0.2) is 5.15 Å². The van der Waals surface area contributed by atoms with Gasteiger partial charge in [0, 0.05) is 18.0 Å². The van der Waals surface area contributed by atoms with E-state index >= 15 is 0 Å². The number of hydrogen-bond donors (Lipinski definition) is 1. The SMILES string of the molecule is Cc1c(Cl)nnc(C(O)c2cccnc2)c1C. The third-order valence-corrected chi connectivity index (χ3v) is 3.12. The Hall–Kier alpha value is -1.52. The number of aliphatic hydroxyl groups excluding tert-OH is 1. The summed E-state index contributed by atoms with van der Waals surface area (Å²) < 4.78 is 0. The highest BCUT2D eigenvalue weighted by atomic mass is 35.5. The fraction of sp³-hybridized carbons (Fsp3) is 0.250. The lowest BCUT2D eigenvalue weighted by Gasteiger charge is -2.13. The van der Waals surface area contributed by atoms with Crippen LogP contribution in [0, 0.1) is 13.8 Å². The molecule has 2 rings (SSSR count). The molecule has 2 heterocycles. The molecule has 2 aromatic rings. The van der Waals surface area contributed by atoms with Gasteiger partial charge in [-0.3, -0.25) is 4.98 Å². The monoisotopic (exact) mass is 249 g/mol. The van der Waals surface area contributed by atoms with E-state index in [1.165, 1.54) is 0 Å². The van der Waals surface area contributed by atoms with Crippen molar-refractivity contribution in [1.29, 1.82) is 0 Å². The number of rotatable bonds is 2. The maximum absolute atomic E-state index is 10.2. The molecule has 2 aromatic heterocycles. The minimum Gasteiger partial charge on any atom is -0.382 e. The molecule has 0 saturated heterocycles. The van der Waals surface area contributed by atoms with E-state index in [1.807, 2.05) is 13.8 Å². The number of aromatic nitrogens is 3. The van der Waals surface area contributed by atoms with Crippen molar-refractivity contribution < 1.29 is 5.11 Å². The number of nitrogens with zero attached hydrogens (tertiary/aromatic N) is 3. The highest BCUT2D eigenvalue weighted by Gasteiger charge is 2.17. The third-order valence-electron chi connectivity index (χ3n) is 2.76. The second kappa shape index (κ2) is 4.77. The number of hydrogen-bond acceptors (Lipinski definition) is 4. The zero-order chi connectivity index (χ0) is 12.4. The second-order valence-corrected chi connectivity index (χ2v) is 4.17. The lowest BCUT2D eigenvalue weighted by molar-refractivity contribution is 0.212. The second-order valence-electron chi connectivity index (χ2n) is 3.81. The van der Waals surface area contributed by atoms with Crippen LogP contribution in [0.5, 0.6) is 0 Å². The Labute approximate surface area is 104 Å². The Morgan fingerprint density at radius 3 is 2.65 bits per heavy atom. The molecule has 5 heteroatoms. The molecule has 0 aliphatic carbocycles. The quantitative estimate of drug-likeness (QED) is 0.887. The van der Waals surface area contributed by atoms with Crippen molar-refractivity contribution in [2.24, 2.45) is 0 Å². The molecule has 1 N–H and O–H groups in total. The van der Waals surface area contributed by atoms with Crippen LogP contribution in [0.15, 0.2) is 24.5 Å². The third kappa shape index (κ3) is 2.28. The molecule has 1 unspecified atom stereocenters. The highest BCUT2D eigenvalue weighted by molar-refractivity contribution is 6.30. The van der Waals surface area contributed by atoms with Crippen LogP contribution in [-0.4, -0.2) is 20.3 Å². The van der Waals surface area contributed by atoms with Gasteiger partial charge in [0.05, 0.1) is 5.69 Å². The van der Waals surface area contributed by atoms with E-state index in [4.69, 9.17) is 11.6 Å². The summed E-state index contributed by atoms with van der Waals surface area (Å²) >= 11 is 5.87. The van der Waals surface area contributed by atoms with Gasteiger partial charge in [-0.1, -0.05) is 17.7 Å². The van der Waals surface area contributed by atoms with Crippen LogP contribution in [0.3, 0.4) is 0 Å². The summed E-state index contributed by atoms with van der Waals surface area (Å²) in [6.07, 6.45) is 2.43. The minimum absolute atomic E-state index is 0.365. The van der Waals surface area contributed by atoms with Crippen molar-refractivity contribution in [3.8, 4) is 0 Å². The fourth-order valence-electron chi connectivity index (χ4n) is 1.55. The molecule has 17 heavy (non-hydrogen) atoms. The average molecular weight is 250 g/mol. The molecule has 0 bridgehead atoms. The predicted molar refractivity (Wildman–Crippen MR) is 64.8 cm³/mol. The molecule has 0 radical (unpaired) electrons. The average Bonchev–Trinajstić information content (AvgIpc) is 2.36. The Kier molecular flexibility index (Phi) is 3.36. The van der Waals surface area contributed by atoms with Gasteiger partial charge in [-0.05, 0) is 31.0 Å². The smallest absolute Gasteiger partial charge is 0.154 e. The van der Waals surface area contributed by atoms with Crippen LogP contribution in [0.2, 0.25) is 5.15 Å². The van der Waals surface area contributed by atoms with Gasteiger partial charge in [0.25, 0.3) is 0 Å². The van der Waals surface area contributed by atoms with Gasteiger partial charge < -0.3 is 5.11 Å². The molecule has 88 valence electrons.